The molecule has 9 heteroatoms. The number of ether oxygens (including phenoxy) is 1. The maximum absolute atomic E-state index is 12.6. The Balaban J connectivity index is 1.49. The zero-order valence-corrected chi connectivity index (χ0v) is 15.8. The summed E-state index contributed by atoms with van der Waals surface area (Å²) in [4.78, 5) is 42.2. The number of carbonyl (C=O) groups is 3. The molecule has 0 unspecified atom stereocenters. The predicted molar refractivity (Wildman–Crippen MR) is 97.3 cm³/mol. The number of hydrogen-bond donors (Lipinski definition) is 1. The molecular weight excluding hydrogens is 364 g/mol. The number of esters is 1. The minimum Gasteiger partial charge on any atom is -0.465 e. The van der Waals surface area contributed by atoms with Crippen LogP contribution in [-0.2, 0) is 16.1 Å². The van der Waals surface area contributed by atoms with E-state index in [4.69, 9.17) is 4.52 Å². The van der Waals surface area contributed by atoms with Gasteiger partial charge in [0.25, 0.3) is 5.91 Å². The molecule has 0 spiro atoms. The lowest BCUT2D eigenvalue weighted by Crippen LogP contribution is -2.43. The van der Waals surface area contributed by atoms with Gasteiger partial charge in [-0.1, -0.05) is 5.16 Å². The van der Waals surface area contributed by atoms with Crippen molar-refractivity contribution in [3.8, 4) is 0 Å². The van der Waals surface area contributed by atoms with Gasteiger partial charge >= 0.3 is 5.97 Å². The van der Waals surface area contributed by atoms with Gasteiger partial charge in [0, 0.05) is 24.6 Å². The third kappa shape index (κ3) is 4.54. The molecule has 2 amide bonds. The number of benzene rings is 1. The van der Waals surface area contributed by atoms with Gasteiger partial charge in [-0.25, -0.2) is 4.79 Å². The lowest BCUT2D eigenvalue weighted by Gasteiger charge is -2.31. The van der Waals surface area contributed by atoms with Crippen molar-refractivity contribution in [2.45, 2.75) is 26.3 Å². The molecule has 9 nitrogen and oxygen atoms in total. The molecule has 0 atom stereocenters. The summed E-state index contributed by atoms with van der Waals surface area (Å²) >= 11 is 0. The van der Waals surface area contributed by atoms with Gasteiger partial charge in [0.2, 0.25) is 11.8 Å². The van der Waals surface area contributed by atoms with Gasteiger partial charge in [0.1, 0.15) is 0 Å². The first kappa shape index (κ1) is 19.5. The minimum atomic E-state index is -0.443. The van der Waals surface area contributed by atoms with Crippen molar-refractivity contribution in [1.29, 1.82) is 0 Å². The lowest BCUT2D eigenvalue weighted by molar-refractivity contribution is -0.126. The Bertz CT molecular complexity index is 853. The molecule has 148 valence electrons. The van der Waals surface area contributed by atoms with E-state index >= 15 is 0 Å². The summed E-state index contributed by atoms with van der Waals surface area (Å²) in [5.74, 6) is 0.0998. The number of aromatic nitrogens is 2. The Morgan fingerprint density at radius 3 is 2.39 bits per heavy atom. The van der Waals surface area contributed by atoms with E-state index in [1.807, 2.05) is 0 Å². The monoisotopic (exact) mass is 386 g/mol. The zero-order chi connectivity index (χ0) is 20.1. The molecule has 1 saturated heterocycles. The summed E-state index contributed by atoms with van der Waals surface area (Å²) in [6, 6.07) is 6.36. The Hall–Kier alpha value is -3.23. The quantitative estimate of drug-likeness (QED) is 0.771. The molecule has 0 saturated carbocycles. The molecule has 0 aliphatic carbocycles. The molecule has 1 aliphatic rings. The van der Waals surface area contributed by atoms with Crippen LogP contribution in [-0.4, -0.2) is 53.0 Å². The normalized spacial score (nSPS) is 14.6. The van der Waals surface area contributed by atoms with Crippen LogP contribution < -0.4 is 5.32 Å². The fourth-order valence-corrected chi connectivity index (χ4v) is 3.11. The number of aryl methyl sites for hydroxylation is 1. The number of nitrogens with zero attached hydrogens (tertiary/aromatic N) is 3. The van der Waals surface area contributed by atoms with E-state index in [0.717, 1.165) is 0 Å². The maximum Gasteiger partial charge on any atom is 0.337 e. The van der Waals surface area contributed by atoms with Crippen molar-refractivity contribution < 1.29 is 23.6 Å². The Morgan fingerprint density at radius 2 is 1.82 bits per heavy atom. The summed E-state index contributed by atoms with van der Waals surface area (Å²) in [6.45, 7) is 2.90. The van der Waals surface area contributed by atoms with Crippen molar-refractivity contribution in [3.05, 3.63) is 47.1 Å². The van der Waals surface area contributed by atoms with E-state index in [1.165, 1.54) is 7.11 Å². The second-order valence-corrected chi connectivity index (χ2v) is 6.59. The number of rotatable bonds is 5. The van der Waals surface area contributed by atoms with Crippen LogP contribution in [0.4, 0.5) is 0 Å². The fraction of sp³-hybridized carbons (Fsp3) is 0.421. The summed E-state index contributed by atoms with van der Waals surface area (Å²) in [5, 5.41) is 6.48. The molecule has 1 aromatic heterocycles. The fourth-order valence-electron chi connectivity index (χ4n) is 3.11. The average Bonchev–Trinajstić information content (AvgIpc) is 3.16. The van der Waals surface area contributed by atoms with Crippen LogP contribution in [0.3, 0.4) is 0 Å². The highest BCUT2D eigenvalue weighted by Gasteiger charge is 2.28. The van der Waals surface area contributed by atoms with Crippen LogP contribution in [0.1, 0.15) is 45.3 Å². The van der Waals surface area contributed by atoms with E-state index in [0.29, 0.717) is 48.8 Å². The summed E-state index contributed by atoms with van der Waals surface area (Å²) in [7, 11) is 1.31. The van der Waals surface area contributed by atoms with Crippen LogP contribution in [0, 0.1) is 12.8 Å². The average molecular weight is 386 g/mol. The van der Waals surface area contributed by atoms with Crippen molar-refractivity contribution in [2.75, 3.05) is 20.2 Å². The Morgan fingerprint density at radius 1 is 1.18 bits per heavy atom. The Kier molecular flexibility index (Phi) is 6.03. The van der Waals surface area contributed by atoms with E-state index < -0.39 is 5.97 Å². The second-order valence-electron chi connectivity index (χ2n) is 6.59. The first-order valence-corrected chi connectivity index (χ1v) is 9.02. The maximum atomic E-state index is 12.6. The summed E-state index contributed by atoms with van der Waals surface area (Å²) < 4.78 is 9.62. The SMILES string of the molecule is COC(=O)c1ccc(C(=O)N2CCC(C(=O)NCc3nc(C)no3)CC2)cc1. The third-order valence-electron chi connectivity index (χ3n) is 4.69. The molecule has 1 aromatic carbocycles. The molecule has 1 N–H and O–H groups in total. The van der Waals surface area contributed by atoms with E-state index in [9.17, 15) is 14.4 Å². The van der Waals surface area contributed by atoms with Crippen molar-refractivity contribution in [2.24, 2.45) is 5.92 Å². The van der Waals surface area contributed by atoms with E-state index in [-0.39, 0.29) is 24.3 Å². The smallest absolute Gasteiger partial charge is 0.337 e. The molecule has 1 aliphatic heterocycles. The molecule has 2 heterocycles. The summed E-state index contributed by atoms with van der Waals surface area (Å²) in [5.41, 5.74) is 0.896. The number of hydrogen-bond acceptors (Lipinski definition) is 7. The topological polar surface area (TPSA) is 115 Å². The van der Waals surface area contributed by atoms with Gasteiger partial charge in [-0.15, -0.1) is 0 Å². The Labute approximate surface area is 162 Å². The first-order chi connectivity index (χ1) is 13.5. The first-order valence-electron chi connectivity index (χ1n) is 9.02. The van der Waals surface area contributed by atoms with Gasteiger partial charge in [0.15, 0.2) is 5.82 Å². The van der Waals surface area contributed by atoms with Crippen LogP contribution in [0.5, 0.6) is 0 Å². The second kappa shape index (κ2) is 8.64. The summed E-state index contributed by atoms with van der Waals surface area (Å²) in [6.07, 6.45) is 1.17. The van der Waals surface area contributed by atoms with E-state index in [2.05, 4.69) is 20.2 Å². The van der Waals surface area contributed by atoms with Gasteiger partial charge in [-0.2, -0.15) is 4.98 Å². The van der Waals surface area contributed by atoms with Crippen LogP contribution in [0.15, 0.2) is 28.8 Å². The van der Waals surface area contributed by atoms with Gasteiger partial charge in [0.05, 0.1) is 19.2 Å². The molecular formula is C19H22N4O5. The standard InChI is InChI=1S/C19H22N4O5/c1-12-21-16(28-22-12)11-20-17(24)13-7-9-23(10-8-13)18(25)14-3-5-15(6-4-14)19(26)27-2/h3-6,13H,7-11H2,1-2H3,(H,20,24). The van der Waals surface area contributed by atoms with Gasteiger partial charge in [-0.3, -0.25) is 9.59 Å². The molecule has 0 radical (unpaired) electrons. The van der Waals surface area contributed by atoms with Crippen molar-refractivity contribution in [1.82, 2.24) is 20.4 Å². The zero-order valence-electron chi connectivity index (χ0n) is 15.8. The highest BCUT2D eigenvalue weighted by molar-refractivity contribution is 5.96. The number of carbonyl (C=O) groups excluding carboxylic acids is 3. The number of amides is 2. The minimum absolute atomic E-state index is 0.0783. The number of piperidine rings is 1. The van der Waals surface area contributed by atoms with Crippen LogP contribution in [0.25, 0.3) is 0 Å². The third-order valence-corrected chi connectivity index (χ3v) is 4.69. The largest absolute Gasteiger partial charge is 0.465 e. The van der Waals surface area contributed by atoms with Crippen molar-refractivity contribution >= 4 is 17.8 Å². The highest BCUT2D eigenvalue weighted by Crippen LogP contribution is 2.20. The van der Waals surface area contributed by atoms with Gasteiger partial charge in [-0.05, 0) is 44.0 Å². The van der Waals surface area contributed by atoms with Crippen LogP contribution in [0.2, 0.25) is 0 Å². The number of nitrogens with one attached hydrogen (secondary N) is 1. The number of methoxy groups -OCH3 is 1. The van der Waals surface area contributed by atoms with Crippen molar-refractivity contribution in [3.63, 3.8) is 0 Å². The van der Waals surface area contributed by atoms with Crippen LogP contribution >= 0.6 is 0 Å². The molecule has 3 rings (SSSR count). The molecule has 28 heavy (non-hydrogen) atoms. The lowest BCUT2D eigenvalue weighted by atomic mass is 9.95. The van der Waals surface area contributed by atoms with Gasteiger partial charge < -0.3 is 19.5 Å². The van der Waals surface area contributed by atoms with E-state index in [1.54, 1.807) is 36.1 Å². The molecule has 2 aromatic rings. The molecule has 1 fully saturated rings. The predicted octanol–water partition coefficient (Wildman–Crippen LogP) is 1.33. The number of likely N-dealkylation sites (tertiary alicyclic amines) is 1. The molecule has 0 bridgehead atoms. The highest BCUT2D eigenvalue weighted by atomic mass is 16.5.